The molecule has 2 aromatic carbocycles. The van der Waals surface area contributed by atoms with Crippen molar-refractivity contribution < 1.29 is 5.11 Å². The van der Waals surface area contributed by atoms with E-state index in [1.165, 1.54) is 22.5 Å². The third-order valence-electron chi connectivity index (χ3n) is 3.89. The molecule has 0 bridgehead atoms. The largest absolute Gasteiger partial charge is 0.506 e. The van der Waals surface area contributed by atoms with Gasteiger partial charge in [0.2, 0.25) is 0 Å². The Hall–Kier alpha value is -2.91. The summed E-state index contributed by atoms with van der Waals surface area (Å²) in [6, 6.07) is 26.3. The zero-order chi connectivity index (χ0) is 16.4. The number of pyridine rings is 1. The lowest BCUT2D eigenvalue weighted by molar-refractivity contribution is 0.479. The van der Waals surface area contributed by atoms with Crippen LogP contribution in [0, 0.1) is 0 Å². The highest BCUT2D eigenvalue weighted by Gasteiger charge is 2.09. The van der Waals surface area contributed by atoms with Crippen molar-refractivity contribution in [2.75, 3.05) is 0 Å². The molecule has 2 heterocycles. The molecule has 0 aliphatic heterocycles. The molecule has 0 radical (unpaired) electrons. The highest BCUT2D eigenvalue weighted by molar-refractivity contribution is 7.13. The molecule has 0 aliphatic rings. The second-order valence-corrected chi connectivity index (χ2v) is 6.41. The number of hydrogen-bond donors (Lipinski definition) is 1. The Morgan fingerprint density at radius 2 is 1.38 bits per heavy atom. The van der Waals surface area contributed by atoms with Crippen molar-refractivity contribution in [3.05, 3.63) is 84.2 Å². The summed E-state index contributed by atoms with van der Waals surface area (Å²) in [7, 11) is 0. The Bertz CT molecular complexity index is 976. The molecular formula is C21H15NOS. The number of rotatable bonds is 3. The summed E-state index contributed by atoms with van der Waals surface area (Å²) in [5, 5.41) is 11.8. The minimum Gasteiger partial charge on any atom is -0.506 e. The molecule has 0 atom stereocenters. The first kappa shape index (κ1) is 14.7. The van der Waals surface area contributed by atoms with Gasteiger partial charge in [-0.1, -0.05) is 54.6 Å². The smallest absolute Gasteiger partial charge is 0.135 e. The second kappa shape index (κ2) is 6.30. The van der Waals surface area contributed by atoms with Crippen LogP contribution in [0.3, 0.4) is 0 Å². The monoisotopic (exact) mass is 329 g/mol. The van der Waals surface area contributed by atoms with Crippen LogP contribution in [0.15, 0.2) is 84.2 Å². The van der Waals surface area contributed by atoms with Crippen LogP contribution in [0.5, 0.6) is 5.75 Å². The van der Waals surface area contributed by atoms with Crippen LogP contribution in [0.2, 0.25) is 0 Å². The van der Waals surface area contributed by atoms with Crippen molar-refractivity contribution in [2.45, 2.75) is 0 Å². The van der Waals surface area contributed by atoms with E-state index in [9.17, 15) is 5.11 Å². The van der Waals surface area contributed by atoms with E-state index >= 15 is 0 Å². The zero-order valence-electron chi connectivity index (χ0n) is 12.9. The van der Waals surface area contributed by atoms with E-state index in [0.717, 1.165) is 21.8 Å². The van der Waals surface area contributed by atoms with Crippen LogP contribution in [0.1, 0.15) is 0 Å². The molecule has 4 rings (SSSR count). The molecule has 0 aliphatic carbocycles. The third-order valence-corrected chi connectivity index (χ3v) is 4.82. The first-order valence-corrected chi connectivity index (χ1v) is 8.59. The molecule has 0 fully saturated rings. The van der Waals surface area contributed by atoms with E-state index in [-0.39, 0.29) is 5.75 Å². The summed E-state index contributed by atoms with van der Waals surface area (Å²) < 4.78 is 0. The van der Waals surface area contributed by atoms with Crippen molar-refractivity contribution >= 4 is 11.3 Å². The Kier molecular flexibility index (Phi) is 3.85. The molecule has 4 aromatic rings. The number of aromatic hydroxyl groups is 1. The van der Waals surface area contributed by atoms with Gasteiger partial charge in [-0.25, -0.2) is 4.98 Å². The summed E-state index contributed by atoms with van der Waals surface area (Å²) in [5.74, 6) is 0.280. The molecule has 24 heavy (non-hydrogen) atoms. The van der Waals surface area contributed by atoms with Crippen LogP contribution in [0.4, 0.5) is 0 Å². The maximum absolute atomic E-state index is 9.93. The molecule has 0 saturated heterocycles. The minimum absolute atomic E-state index is 0.280. The summed E-state index contributed by atoms with van der Waals surface area (Å²) in [6.45, 7) is 0. The van der Waals surface area contributed by atoms with E-state index in [2.05, 4.69) is 36.4 Å². The topological polar surface area (TPSA) is 33.1 Å². The van der Waals surface area contributed by atoms with E-state index < -0.39 is 0 Å². The van der Waals surface area contributed by atoms with Crippen molar-refractivity contribution in [1.82, 2.24) is 4.98 Å². The van der Waals surface area contributed by atoms with E-state index in [4.69, 9.17) is 4.98 Å². The van der Waals surface area contributed by atoms with E-state index in [1.807, 2.05) is 41.8 Å². The molecule has 3 heteroatoms. The molecule has 1 N–H and O–H groups in total. The molecular weight excluding hydrogens is 314 g/mol. The van der Waals surface area contributed by atoms with E-state index in [1.54, 1.807) is 6.07 Å². The second-order valence-electron chi connectivity index (χ2n) is 5.49. The SMILES string of the molecule is Oc1ccsc1-c1cccc(-c2cccc(-c3ccccc3)c2)n1. The lowest BCUT2D eigenvalue weighted by atomic mass is 10.0. The Balaban J connectivity index is 1.76. The van der Waals surface area contributed by atoms with Gasteiger partial charge in [0.1, 0.15) is 5.75 Å². The number of hydrogen-bond acceptors (Lipinski definition) is 3. The van der Waals surface area contributed by atoms with Crippen LogP contribution in [-0.2, 0) is 0 Å². The highest BCUT2D eigenvalue weighted by atomic mass is 32.1. The molecule has 0 unspecified atom stereocenters. The third kappa shape index (κ3) is 2.82. The van der Waals surface area contributed by atoms with Gasteiger partial charge in [-0.2, -0.15) is 0 Å². The van der Waals surface area contributed by atoms with Gasteiger partial charge in [-0.05, 0) is 40.8 Å². The van der Waals surface area contributed by atoms with Gasteiger partial charge in [-0.15, -0.1) is 11.3 Å². The van der Waals surface area contributed by atoms with E-state index in [0.29, 0.717) is 0 Å². The lowest BCUT2D eigenvalue weighted by Gasteiger charge is -2.07. The average Bonchev–Trinajstić information content (AvgIpc) is 3.09. The van der Waals surface area contributed by atoms with Crippen molar-refractivity contribution in [2.24, 2.45) is 0 Å². The maximum Gasteiger partial charge on any atom is 0.135 e. The quantitative estimate of drug-likeness (QED) is 0.511. The zero-order valence-corrected chi connectivity index (χ0v) is 13.7. The van der Waals surface area contributed by atoms with Crippen LogP contribution in [-0.4, -0.2) is 10.1 Å². The summed E-state index contributed by atoms with van der Waals surface area (Å²) in [4.78, 5) is 5.53. The van der Waals surface area contributed by atoms with Crippen LogP contribution in [0.25, 0.3) is 33.0 Å². The van der Waals surface area contributed by atoms with Gasteiger partial charge in [0, 0.05) is 5.56 Å². The minimum atomic E-state index is 0.280. The fourth-order valence-corrected chi connectivity index (χ4v) is 3.46. The normalized spacial score (nSPS) is 10.7. The average molecular weight is 329 g/mol. The predicted octanol–water partition coefficient (Wildman–Crippen LogP) is 5.85. The van der Waals surface area contributed by atoms with Gasteiger partial charge >= 0.3 is 0 Å². The molecule has 0 saturated carbocycles. The number of benzene rings is 2. The summed E-state index contributed by atoms with van der Waals surface area (Å²) in [6.07, 6.45) is 0. The molecule has 0 amide bonds. The first-order valence-electron chi connectivity index (χ1n) is 7.71. The standard InChI is InChI=1S/C21H15NOS/c23-20-12-13-24-21(20)19-11-5-10-18(22-19)17-9-4-8-16(14-17)15-6-2-1-3-7-15/h1-14,23H. The highest BCUT2D eigenvalue weighted by Crippen LogP contribution is 2.34. The molecule has 116 valence electrons. The Morgan fingerprint density at radius 1 is 0.667 bits per heavy atom. The fourth-order valence-electron chi connectivity index (χ4n) is 2.70. The molecule has 2 aromatic heterocycles. The predicted molar refractivity (Wildman–Crippen MR) is 100 cm³/mol. The summed E-state index contributed by atoms with van der Waals surface area (Å²) >= 11 is 1.49. The fraction of sp³-hybridized carbons (Fsp3) is 0. The van der Waals surface area contributed by atoms with Gasteiger partial charge in [-0.3, -0.25) is 0 Å². The van der Waals surface area contributed by atoms with Crippen molar-refractivity contribution in [1.29, 1.82) is 0 Å². The number of nitrogens with zero attached hydrogens (tertiary/aromatic N) is 1. The summed E-state index contributed by atoms with van der Waals surface area (Å²) in [5.41, 5.74) is 5.11. The van der Waals surface area contributed by atoms with Crippen LogP contribution < -0.4 is 0 Å². The van der Waals surface area contributed by atoms with Crippen molar-refractivity contribution in [3.8, 4) is 38.7 Å². The van der Waals surface area contributed by atoms with Gasteiger partial charge < -0.3 is 5.11 Å². The van der Waals surface area contributed by atoms with Gasteiger partial charge in [0.25, 0.3) is 0 Å². The molecule has 0 spiro atoms. The number of aromatic nitrogens is 1. The first-order chi connectivity index (χ1) is 11.8. The lowest BCUT2D eigenvalue weighted by Crippen LogP contribution is -1.87. The maximum atomic E-state index is 9.93. The molecule has 2 nitrogen and oxygen atoms in total. The van der Waals surface area contributed by atoms with Gasteiger partial charge in [0.05, 0.1) is 16.3 Å². The van der Waals surface area contributed by atoms with Crippen molar-refractivity contribution in [3.63, 3.8) is 0 Å². The Labute approximate surface area is 144 Å². The van der Waals surface area contributed by atoms with Crippen LogP contribution >= 0.6 is 11.3 Å². The Morgan fingerprint density at radius 3 is 2.17 bits per heavy atom. The van der Waals surface area contributed by atoms with Gasteiger partial charge in [0.15, 0.2) is 0 Å². The number of thiophene rings is 1.